The summed E-state index contributed by atoms with van der Waals surface area (Å²) in [7, 11) is 1.94. The van der Waals surface area contributed by atoms with Crippen molar-refractivity contribution in [1.82, 2.24) is 24.4 Å². The molecule has 1 N–H and O–H groups in total. The molecule has 3 heterocycles. The van der Waals surface area contributed by atoms with E-state index in [1.54, 1.807) is 22.8 Å². The molecular weight excluding hydrogens is 378 g/mol. The Labute approximate surface area is 173 Å². The van der Waals surface area contributed by atoms with Crippen LogP contribution in [0.1, 0.15) is 41.3 Å². The molecule has 4 aromatic rings. The van der Waals surface area contributed by atoms with Crippen LogP contribution in [0.15, 0.2) is 47.3 Å². The van der Waals surface area contributed by atoms with Gasteiger partial charge in [-0.25, -0.2) is 9.97 Å². The minimum Gasteiger partial charge on any atom is -0.345 e. The van der Waals surface area contributed by atoms with Gasteiger partial charge in [0.05, 0.1) is 28.5 Å². The number of aryl methyl sites for hydroxylation is 2. The number of carbonyl (C=O) groups excluding carboxylic acids is 1. The number of fused-ring (bicyclic) bond motifs is 3. The van der Waals surface area contributed by atoms with Crippen LogP contribution in [0.4, 0.5) is 0 Å². The van der Waals surface area contributed by atoms with E-state index in [2.05, 4.69) is 10.3 Å². The summed E-state index contributed by atoms with van der Waals surface area (Å²) in [5, 5.41) is 3.50. The number of amides is 1. The third kappa shape index (κ3) is 3.16. The summed E-state index contributed by atoms with van der Waals surface area (Å²) < 4.78 is 3.77. The average Bonchev–Trinajstić information content (AvgIpc) is 2.92. The van der Waals surface area contributed by atoms with Gasteiger partial charge in [-0.15, -0.1) is 0 Å². The summed E-state index contributed by atoms with van der Waals surface area (Å²) in [6.45, 7) is 1.04. The van der Waals surface area contributed by atoms with Gasteiger partial charge in [-0.2, -0.15) is 0 Å². The summed E-state index contributed by atoms with van der Waals surface area (Å²) in [5.74, 6) is 1.40. The molecule has 0 radical (unpaired) electrons. The zero-order valence-electron chi connectivity index (χ0n) is 16.9. The minimum absolute atomic E-state index is 0.0106. The van der Waals surface area contributed by atoms with Gasteiger partial charge >= 0.3 is 0 Å². The highest BCUT2D eigenvalue weighted by atomic mass is 16.1. The van der Waals surface area contributed by atoms with Crippen LogP contribution in [0.5, 0.6) is 0 Å². The first-order chi connectivity index (χ1) is 14.6. The summed E-state index contributed by atoms with van der Waals surface area (Å²) in [4.78, 5) is 34.9. The second-order valence-corrected chi connectivity index (χ2v) is 7.79. The number of hydrogen-bond acceptors (Lipinski definition) is 4. The van der Waals surface area contributed by atoms with Gasteiger partial charge in [0.2, 0.25) is 0 Å². The fraction of sp³-hybridized carbons (Fsp3) is 0.304. The summed E-state index contributed by atoms with van der Waals surface area (Å²) in [6, 6.07) is 13.0. The van der Waals surface area contributed by atoms with Gasteiger partial charge in [0, 0.05) is 25.6 Å². The topological polar surface area (TPSA) is 81.8 Å². The zero-order valence-corrected chi connectivity index (χ0v) is 16.9. The van der Waals surface area contributed by atoms with Crippen molar-refractivity contribution in [2.75, 3.05) is 0 Å². The highest BCUT2D eigenvalue weighted by Gasteiger charge is 2.16. The summed E-state index contributed by atoms with van der Waals surface area (Å²) >= 11 is 0. The maximum atomic E-state index is 12.9. The van der Waals surface area contributed by atoms with Crippen molar-refractivity contribution in [3.05, 3.63) is 70.0 Å². The molecule has 0 unspecified atom stereocenters. The van der Waals surface area contributed by atoms with Crippen molar-refractivity contribution in [3.63, 3.8) is 0 Å². The van der Waals surface area contributed by atoms with E-state index < -0.39 is 0 Å². The number of carbonyl (C=O) groups is 1. The molecule has 2 aromatic heterocycles. The van der Waals surface area contributed by atoms with Crippen LogP contribution in [0.3, 0.4) is 0 Å². The molecule has 152 valence electrons. The van der Waals surface area contributed by atoms with Crippen LogP contribution >= 0.6 is 0 Å². The Bertz CT molecular complexity index is 1330. The van der Waals surface area contributed by atoms with Gasteiger partial charge in [-0.05, 0) is 43.2 Å². The SMILES string of the molecule is Cn1c(CNC(=O)c2ccc3c(=O)n4c(nc3c2)CCCCC4)nc2ccccc21. The predicted octanol–water partition coefficient (Wildman–Crippen LogP) is 2.94. The molecule has 0 fully saturated rings. The van der Waals surface area contributed by atoms with Crippen LogP contribution in [-0.2, 0) is 26.6 Å². The monoisotopic (exact) mass is 401 g/mol. The van der Waals surface area contributed by atoms with E-state index in [-0.39, 0.29) is 11.5 Å². The first kappa shape index (κ1) is 18.5. The maximum Gasteiger partial charge on any atom is 0.261 e. The summed E-state index contributed by atoms with van der Waals surface area (Å²) in [5.41, 5.74) is 3.00. The Morgan fingerprint density at radius 2 is 1.93 bits per heavy atom. The third-order valence-electron chi connectivity index (χ3n) is 5.87. The average molecular weight is 401 g/mol. The molecule has 0 bridgehead atoms. The number of imidazole rings is 1. The number of para-hydroxylation sites is 2. The second-order valence-electron chi connectivity index (χ2n) is 7.79. The van der Waals surface area contributed by atoms with Crippen molar-refractivity contribution in [1.29, 1.82) is 0 Å². The smallest absolute Gasteiger partial charge is 0.261 e. The molecule has 1 aliphatic rings. The fourth-order valence-electron chi connectivity index (χ4n) is 4.17. The van der Waals surface area contributed by atoms with Gasteiger partial charge in [0.25, 0.3) is 11.5 Å². The van der Waals surface area contributed by atoms with Gasteiger partial charge in [-0.1, -0.05) is 18.6 Å². The standard InChI is InChI=1S/C23H23N5O2/c1-27-19-8-5-4-7-17(19)25-21(27)14-24-22(29)15-10-11-16-18(13-15)26-20-9-3-2-6-12-28(20)23(16)30/h4-5,7-8,10-11,13H,2-3,6,9,12,14H2,1H3,(H,24,29). The molecule has 0 saturated carbocycles. The van der Waals surface area contributed by atoms with E-state index >= 15 is 0 Å². The molecule has 7 nitrogen and oxygen atoms in total. The number of nitrogens with zero attached hydrogens (tertiary/aromatic N) is 4. The Morgan fingerprint density at radius 3 is 2.80 bits per heavy atom. The lowest BCUT2D eigenvalue weighted by molar-refractivity contribution is 0.0949. The molecule has 1 amide bonds. The Kier molecular flexibility index (Phi) is 4.58. The number of hydrogen-bond donors (Lipinski definition) is 1. The van der Waals surface area contributed by atoms with Crippen LogP contribution < -0.4 is 10.9 Å². The lowest BCUT2D eigenvalue weighted by atomic mass is 10.1. The number of rotatable bonds is 3. The first-order valence-corrected chi connectivity index (χ1v) is 10.3. The highest BCUT2D eigenvalue weighted by molar-refractivity contribution is 5.97. The number of aromatic nitrogens is 4. The first-order valence-electron chi connectivity index (χ1n) is 10.3. The van der Waals surface area contributed by atoms with E-state index in [1.807, 2.05) is 35.9 Å². The predicted molar refractivity (Wildman–Crippen MR) is 115 cm³/mol. The van der Waals surface area contributed by atoms with Crippen LogP contribution in [0, 0.1) is 0 Å². The van der Waals surface area contributed by atoms with Crippen molar-refractivity contribution in [2.45, 2.75) is 38.8 Å². The molecule has 30 heavy (non-hydrogen) atoms. The van der Waals surface area contributed by atoms with E-state index in [0.717, 1.165) is 54.9 Å². The molecule has 0 atom stereocenters. The normalized spacial score (nSPS) is 13.9. The van der Waals surface area contributed by atoms with E-state index in [4.69, 9.17) is 4.98 Å². The van der Waals surface area contributed by atoms with Gasteiger partial charge in [-0.3, -0.25) is 14.2 Å². The summed E-state index contributed by atoms with van der Waals surface area (Å²) in [6.07, 6.45) is 3.95. The molecule has 5 rings (SSSR count). The quantitative estimate of drug-likeness (QED) is 0.572. The van der Waals surface area contributed by atoms with Crippen molar-refractivity contribution in [3.8, 4) is 0 Å². The van der Waals surface area contributed by atoms with Crippen LogP contribution in [0.25, 0.3) is 21.9 Å². The largest absolute Gasteiger partial charge is 0.345 e. The van der Waals surface area contributed by atoms with Gasteiger partial charge in [0.1, 0.15) is 11.6 Å². The van der Waals surface area contributed by atoms with Gasteiger partial charge in [0.15, 0.2) is 0 Å². The maximum absolute atomic E-state index is 12.9. The molecule has 0 spiro atoms. The molecule has 2 aromatic carbocycles. The van der Waals surface area contributed by atoms with E-state index in [1.165, 1.54) is 0 Å². The third-order valence-corrected chi connectivity index (χ3v) is 5.87. The minimum atomic E-state index is -0.208. The van der Waals surface area contributed by atoms with Crippen LogP contribution in [0.2, 0.25) is 0 Å². The Balaban J connectivity index is 1.42. The van der Waals surface area contributed by atoms with E-state index in [0.29, 0.717) is 23.0 Å². The molecule has 0 saturated heterocycles. The van der Waals surface area contributed by atoms with Gasteiger partial charge < -0.3 is 9.88 Å². The lowest BCUT2D eigenvalue weighted by Gasteiger charge is -2.11. The zero-order chi connectivity index (χ0) is 20.7. The second kappa shape index (κ2) is 7.40. The molecule has 1 aliphatic heterocycles. The number of benzene rings is 2. The highest BCUT2D eigenvalue weighted by Crippen LogP contribution is 2.17. The fourth-order valence-corrected chi connectivity index (χ4v) is 4.17. The Hall–Kier alpha value is -3.48. The van der Waals surface area contributed by atoms with Crippen molar-refractivity contribution in [2.24, 2.45) is 7.05 Å². The van der Waals surface area contributed by atoms with Crippen LogP contribution in [-0.4, -0.2) is 25.0 Å². The van der Waals surface area contributed by atoms with Crippen molar-refractivity contribution >= 4 is 27.8 Å². The molecular formula is C23H23N5O2. The molecule has 0 aliphatic carbocycles. The Morgan fingerprint density at radius 1 is 1.07 bits per heavy atom. The molecule has 7 heteroatoms. The number of nitrogens with one attached hydrogen (secondary N) is 1. The van der Waals surface area contributed by atoms with E-state index in [9.17, 15) is 9.59 Å². The van der Waals surface area contributed by atoms with Crippen molar-refractivity contribution < 1.29 is 4.79 Å². The lowest BCUT2D eigenvalue weighted by Crippen LogP contribution is -2.26.